The lowest BCUT2D eigenvalue weighted by atomic mass is 9.94. The van der Waals surface area contributed by atoms with E-state index in [1.165, 1.54) is 0 Å². The van der Waals surface area contributed by atoms with Crippen LogP contribution in [-0.4, -0.2) is 50.6 Å². The van der Waals surface area contributed by atoms with Crippen LogP contribution in [0.15, 0.2) is 122 Å². The molecule has 1 atom stereocenters. The number of carbonyl (C=O) groups is 3. The van der Waals surface area contributed by atoms with E-state index in [2.05, 4.69) is 65.8 Å². The molecule has 0 unspecified atom stereocenters. The van der Waals surface area contributed by atoms with Gasteiger partial charge in [-0.25, -0.2) is 9.97 Å². The van der Waals surface area contributed by atoms with Crippen LogP contribution in [0.3, 0.4) is 0 Å². The summed E-state index contributed by atoms with van der Waals surface area (Å²) in [6.07, 6.45) is 5.84. The largest absolute Gasteiger partial charge is 0.340 e. The highest BCUT2D eigenvalue weighted by Gasteiger charge is 2.31. The van der Waals surface area contributed by atoms with E-state index in [1.807, 2.05) is 106 Å². The van der Waals surface area contributed by atoms with Gasteiger partial charge in [-0.05, 0) is 46.2 Å². The minimum absolute atomic E-state index is 0.119. The van der Waals surface area contributed by atoms with Crippen molar-refractivity contribution in [3.63, 3.8) is 0 Å². The van der Waals surface area contributed by atoms with Crippen molar-refractivity contribution in [2.45, 2.75) is 73.0 Å². The van der Waals surface area contributed by atoms with Gasteiger partial charge < -0.3 is 15.1 Å². The summed E-state index contributed by atoms with van der Waals surface area (Å²) in [7, 11) is 0. The number of amides is 3. The van der Waals surface area contributed by atoms with Crippen LogP contribution in [0, 0.1) is 5.41 Å². The molecule has 0 aliphatic rings. The second-order valence-electron chi connectivity index (χ2n) is 15.2. The Morgan fingerprint density at radius 2 is 1.09 bits per heavy atom. The van der Waals surface area contributed by atoms with Crippen molar-refractivity contribution in [2.24, 2.45) is 5.41 Å². The van der Waals surface area contributed by atoms with Crippen molar-refractivity contribution < 1.29 is 14.4 Å². The van der Waals surface area contributed by atoms with Gasteiger partial charge in [-0.3, -0.25) is 14.4 Å². The van der Waals surface area contributed by atoms with E-state index in [-0.39, 0.29) is 17.7 Å². The molecule has 1 N–H and O–H groups in total. The number of nitrogens with one attached hydrogen (secondary N) is 1. The van der Waals surface area contributed by atoms with Gasteiger partial charge in [0.2, 0.25) is 17.7 Å². The monoisotopic (exact) mass is 797 g/mol. The average Bonchev–Trinajstić information content (AvgIpc) is 3.90. The lowest BCUT2D eigenvalue weighted by Gasteiger charge is -2.29. The predicted molar refractivity (Wildman–Crippen MR) is 232 cm³/mol. The maximum atomic E-state index is 14.1. The highest BCUT2D eigenvalue weighted by atomic mass is 32.1. The Morgan fingerprint density at radius 3 is 1.58 bits per heavy atom. The van der Waals surface area contributed by atoms with E-state index in [0.29, 0.717) is 32.6 Å². The van der Waals surface area contributed by atoms with Gasteiger partial charge in [-0.2, -0.15) is 0 Å². The number of aromatic nitrogens is 2. The average molecular weight is 798 g/mol. The Kier molecular flexibility index (Phi) is 13.8. The normalized spacial score (nSPS) is 11.9. The Hall–Kier alpha value is -5.45. The van der Waals surface area contributed by atoms with Crippen molar-refractivity contribution in [3.05, 3.63) is 143 Å². The quantitative estimate of drug-likeness (QED) is 0.105. The van der Waals surface area contributed by atoms with Gasteiger partial charge >= 0.3 is 0 Å². The molecule has 0 saturated carbocycles. The minimum atomic E-state index is -0.784. The third kappa shape index (κ3) is 10.9. The zero-order chi connectivity index (χ0) is 40.4. The minimum Gasteiger partial charge on any atom is -0.340 e. The van der Waals surface area contributed by atoms with Crippen molar-refractivity contribution in [2.75, 3.05) is 13.1 Å². The zero-order valence-electron chi connectivity index (χ0n) is 33.4. The lowest BCUT2D eigenvalue weighted by molar-refractivity contribution is -0.139. The van der Waals surface area contributed by atoms with Crippen LogP contribution in [0.4, 0.5) is 0 Å². The molecule has 3 amide bonds. The van der Waals surface area contributed by atoms with E-state index in [0.717, 1.165) is 66.0 Å². The van der Waals surface area contributed by atoms with E-state index < -0.39 is 11.5 Å². The van der Waals surface area contributed by atoms with Crippen LogP contribution in [0.1, 0.15) is 74.6 Å². The molecule has 57 heavy (non-hydrogen) atoms. The highest BCUT2D eigenvalue weighted by molar-refractivity contribution is 7.15. The second kappa shape index (κ2) is 19.1. The number of benzene rings is 4. The fraction of sp³-hybridized carbons (Fsp3) is 0.298. The molecule has 294 valence electrons. The van der Waals surface area contributed by atoms with Gasteiger partial charge in [0.05, 0.1) is 29.3 Å². The molecule has 6 rings (SSSR count). The first-order valence-corrected chi connectivity index (χ1v) is 21.2. The maximum Gasteiger partial charge on any atom is 0.250 e. The molecule has 0 aliphatic heterocycles. The summed E-state index contributed by atoms with van der Waals surface area (Å²) < 4.78 is 0. The van der Waals surface area contributed by atoms with E-state index in [1.54, 1.807) is 27.6 Å². The maximum absolute atomic E-state index is 14.1. The van der Waals surface area contributed by atoms with Gasteiger partial charge in [0.25, 0.3) is 0 Å². The van der Waals surface area contributed by atoms with Gasteiger partial charge in [0.1, 0.15) is 16.1 Å². The predicted octanol–water partition coefficient (Wildman–Crippen LogP) is 10.2. The topological polar surface area (TPSA) is 95.5 Å². The zero-order valence-corrected chi connectivity index (χ0v) is 35.0. The van der Waals surface area contributed by atoms with Crippen LogP contribution < -0.4 is 5.32 Å². The molecular weight excluding hydrogens is 747 g/mol. The highest BCUT2D eigenvalue weighted by Crippen LogP contribution is 2.32. The number of hydrogen-bond acceptors (Lipinski definition) is 7. The first-order valence-electron chi connectivity index (χ1n) is 19.6. The third-order valence-corrected chi connectivity index (χ3v) is 11.7. The smallest absolute Gasteiger partial charge is 0.250 e. The summed E-state index contributed by atoms with van der Waals surface area (Å²) in [5.74, 6) is -0.202. The molecule has 10 heteroatoms. The van der Waals surface area contributed by atoms with Gasteiger partial charge in [0, 0.05) is 30.9 Å². The molecule has 2 aromatic heterocycles. The van der Waals surface area contributed by atoms with E-state index in [4.69, 9.17) is 4.98 Å². The molecule has 6 aromatic rings. The fourth-order valence-corrected chi connectivity index (χ4v) is 8.34. The molecule has 2 heterocycles. The SMILES string of the molecule is CCCN(Cc1ncc(-c2ccc(-c3ccc(-c4cnc(CN(CCC)C(=O)[C@@H](NC(=O)C(C)(C)C)c5ccccc5)s4)cc3)cc2)s1)C(=O)Cc1ccccc1. The number of hydrogen-bond donors (Lipinski definition) is 1. The Labute approximate surface area is 344 Å². The number of carbonyl (C=O) groups excluding carboxylic acids is 3. The van der Waals surface area contributed by atoms with Crippen LogP contribution in [0.2, 0.25) is 0 Å². The Balaban J connectivity index is 1.09. The fourth-order valence-electron chi connectivity index (χ4n) is 6.46. The van der Waals surface area contributed by atoms with Crippen LogP contribution >= 0.6 is 22.7 Å². The lowest BCUT2D eigenvalue weighted by Crippen LogP contribution is -2.46. The van der Waals surface area contributed by atoms with Crippen molar-refractivity contribution in [3.8, 4) is 32.0 Å². The molecule has 0 spiro atoms. The molecule has 8 nitrogen and oxygen atoms in total. The van der Waals surface area contributed by atoms with Crippen molar-refractivity contribution in [1.82, 2.24) is 25.1 Å². The van der Waals surface area contributed by atoms with Crippen molar-refractivity contribution >= 4 is 40.4 Å². The summed E-state index contributed by atoms with van der Waals surface area (Å²) >= 11 is 3.21. The van der Waals surface area contributed by atoms with Crippen molar-refractivity contribution in [1.29, 1.82) is 0 Å². The van der Waals surface area contributed by atoms with Crippen LogP contribution in [0.25, 0.3) is 32.0 Å². The molecule has 0 fully saturated rings. The molecule has 0 radical (unpaired) electrons. The Morgan fingerprint density at radius 1 is 0.632 bits per heavy atom. The molecule has 0 saturated heterocycles. The van der Waals surface area contributed by atoms with Crippen LogP contribution in [-0.2, 0) is 33.9 Å². The first kappa shape index (κ1) is 41.2. The second-order valence-corrected chi connectivity index (χ2v) is 17.4. The number of thiazole rings is 2. The Bertz CT molecular complexity index is 2230. The molecular formula is C47H51N5O3S2. The molecule has 4 aromatic carbocycles. The summed E-state index contributed by atoms with van der Waals surface area (Å²) in [6, 6.07) is 35.5. The number of rotatable bonds is 16. The standard InChI is InChI=1S/C47H51N5O3S2/c1-6-26-51(43(53)28-33-14-10-8-11-15-33)31-41-48-29-39(56-41)36-22-18-34(19-23-36)35-20-24-37(25-21-35)40-30-49-42(57-40)32-52(27-7-2)45(54)44(38-16-12-9-13-17-38)50-46(55)47(3,4)5/h8-25,29-30,44H,6-7,26-28,31-32H2,1-5H3,(H,50,55)/t44-/m0/s1. The van der Waals surface area contributed by atoms with E-state index in [9.17, 15) is 14.4 Å². The third-order valence-electron chi connectivity index (χ3n) is 9.62. The first-order chi connectivity index (χ1) is 27.5. The van der Waals surface area contributed by atoms with Crippen LogP contribution in [0.5, 0.6) is 0 Å². The van der Waals surface area contributed by atoms with Gasteiger partial charge in [0.15, 0.2) is 0 Å². The molecule has 0 aliphatic carbocycles. The summed E-state index contributed by atoms with van der Waals surface area (Å²) in [4.78, 5) is 55.4. The molecule has 0 bridgehead atoms. The number of nitrogens with zero attached hydrogens (tertiary/aromatic N) is 4. The van der Waals surface area contributed by atoms with Gasteiger partial charge in [-0.1, -0.05) is 144 Å². The van der Waals surface area contributed by atoms with Gasteiger partial charge in [-0.15, -0.1) is 22.7 Å². The summed E-state index contributed by atoms with van der Waals surface area (Å²) in [5, 5.41) is 4.78. The summed E-state index contributed by atoms with van der Waals surface area (Å²) in [6.45, 7) is 11.8. The van der Waals surface area contributed by atoms with E-state index >= 15 is 0 Å². The summed E-state index contributed by atoms with van der Waals surface area (Å²) in [5.41, 5.74) is 5.51.